The van der Waals surface area contributed by atoms with Crippen molar-refractivity contribution < 1.29 is 9.90 Å². The third kappa shape index (κ3) is 4.73. The molecule has 2 heterocycles. The van der Waals surface area contributed by atoms with Crippen LogP contribution in [0.3, 0.4) is 0 Å². The molecule has 0 saturated carbocycles. The highest BCUT2D eigenvalue weighted by Gasteiger charge is 2.13. The number of hydrogen-bond donors (Lipinski definition) is 1. The van der Waals surface area contributed by atoms with E-state index in [1.807, 2.05) is 0 Å². The Labute approximate surface area is 109 Å². The maximum absolute atomic E-state index is 9.00. The average molecular weight is 250 g/mol. The Hall–Kier alpha value is -1.58. The van der Waals surface area contributed by atoms with E-state index in [0.717, 1.165) is 12.7 Å². The van der Waals surface area contributed by atoms with E-state index in [4.69, 9.17) is 9.90 Å². The van der Waals surface area contributed by atoms with E-state index in [2.05, 4.69) is 41.9 Å². The SMILES string of the molecule is CC(=O)O.CC(C)c1cccc(N2CCCC2)n1. The normalized spacial score (nSPS) is 14.3. The molecule has 0 atom stereocenters. The van der Waals surface area contributed by atoms with Crippen LogP contribution in [0.2, 0.25) is 0 Å². The van der Waals surface area contributed by atoms with Crippen molar-refractivity contribution in [2.24, 2.45) is 0 Å². The summed E-state index contributed by atoms with van der Waals surface area (Å²) in [5.41, 5.74) is 1.20. The molecule has 0 bridgehead atoms. The molecule has 0 aromatic carbocycles. The van der Waals surface area contributed by atoms with Gasteiger partial charge in [-0.3, -0.25) is 4.79 Å². The molecule has 1 aromatic heterocycles. The number of hydrogen-bond acceptors (Lipinski definition) is 3. The van der Waals surface area contributed by atoms with E-state index >= 15 is 0 Å². The molecule has 0 spiro atoms. The Balaban J connectivity index is 0.000000357. The van der Waals surface area contributed by atoms with Crippen molar-refractivity contribution in [3.63, 3.8) is 0 Å². The third-order valence-electron chi connectivity index (χ3n) is 2.78. The van der Waals surface area contributed by atoms with Gasteiger partial charge in [0.1, 0.15) is 5.82 Å². The molecule has 1 saturated heterocycles. The molecule has 1 aliphatic heterocycles. The molecule has 18 heavy (non-hydrogen) atoms. The first kappa shape index (κ1) is 14.5. The fourth-order valence-electron chi connectivity index (χ4n) is 1.88. The first-order chi connectivity index (χ1) is 8.50. The molecule has 1 fully saturated rings. The Kier molecular flexibility index (Phi) is 5.62. The lowest BCUT2D eigenvalue weighted by molar-refractivity contribution is -0.134. The fourth-order valence-corrected chi connectivity index (χ4v) is 1.88. The van der Waals surface area contributed by atoms with Crippen LogP contribution in [-0.2, 0) is 4.79 Å². The van der Waals surface area contributed by atoms with Crippen LogP contribution in [0.5, 0.6) is 0 Å². The molecule has 1 N–H and O–H groups in total. The summed E-state index contributed by atoms with van der Waals surface area (Å²) < 4.78 is 0. The lowest BCUT2D eigenvalue weighted by atomic mass is 10.1. The predicted molar refractivity (Wildman–Crippen MR) is 73.1 cm³/mol. The smallest absolute Gasteiger partial charge is 0.300 e. The molecule has 1 aliphatic rings. The van der Waals surface area contributed by atoms with Crippen molar-refractivity contribution in [3.05, 3.63) is 23.9 Å². The highest BCUT2D eigenvalue weighted by Crippen LogP contribution is 2.20. The summed E-state index contributed by atoms with van der Waals surface area (Å²) in [7, 11) is 0. The molecule has 0 amide bonds. The van der Waals surface area contributed by atoms with E-state index in [1.165, 1.54) is 31.6 Å². The molecule has 0 radical (unpaired) electrons. The van der Waals surface area contributed by atoms with Gasteiger partial charge in [0.25, 0.3) is 5.97 Å². The average Bonchev–Trinajstić information content (AvgIpc) is 2.82. The van der Waals surface area contributed by atoms with Crippen molar-refractivity contribution in [1.29, 1.82) is 0 Å². The van der Waals surface area contributed by atoms with Gasteiger partial charge in [-0.15, -0.1) is 0 Å². The fraction of sp³-hybridized carbons (Fsp3) is 0.571. The number of anilines is 1. The summed E-state index contributed by atoms with van der Waals surface area (Å²) in [5, 5.41) is 7.42. The molecule has 1 aromatic rings. The summed E-state index contributed by atoms with van der Waals surface area (Å²) in [4.78, 5) is 16.1. The van der Waals surface area contributed by atoms with E-state index in [9.17, 15) is 0 Å². The van der Waals surface area contributed by atoms with Gasteiger partial charge in [0.2, 0.25) is 0 Å². The summed E-state index contributed by atoms with van der Waals surface area (Å²) >= 11 is 0. The van der Waals surface area contributed by atoms with Crippen molar-refractivity contribution in [1.82, 2.24) is 4.98 Å². The summed E-state index contributed by atoms with van der Waals surface area (Å²) in [6.07, 6.45) is 2.63. The van der Waals surface area contributed by atoms with Crippen LogP contribution in [0.1, 0.15) is 45.2 Å². The number of pyridine rings is 1. The van der Waals surface area contributed by atoms with Gasteiger partial charge in [-0.25, -0.2) is 4.98 Å². The first-order valence-corrected chi connectivity index (χ1v) is 6.42. The Bertz CT molecular complexity index is 381. The van der Waals surface area contributed by atoms with Crippen molar-refractivity contribution >= 4 is 11.8 Å². The zero-order chi connectivity index (χ0) is 13.5. The Morgan fingerprint density at radius 1 is 1.33 bits per heavy atom. The first-order valence-electron chi connectivity index (χ1n) is 6.42. The quantitative estimate of drug-likeness (QED) is 0.877. The zero-order valence-electron chi connectivity index (χ0n) is 11.4. The topological polar surface area (TPSA) is 53.4 Å². The van der Waals surface area contributed by atoms with Gasteiger partial charge in [0, 0.05) is 25.7 Å². The molecule has 4 heteroatoms. The maximum atomic E-state index is 9.00. The number of aromatic nitrogens is 1. The van der Waals surface area contributed by atoms with Gasteiger partial charge in [-0.2, -0.15) is 0 Å². The molecular formula is C14H22N2O2. The highest BCUT2D eigenvalue weighted by molar-refractivity contribution is 5.62. The Morgan fingerprint density at radius 2 is 1.89 bits per heavy atom. The number of carboxylic acids is 1. The molecule has 100 valence electrons. The van der Waals surface area contributed by atoms with E-state index < -0.39 is 5.97 Å². The summed E-state index contributed by atoms with van der Waals surface area (Å²) in [5.74, 6) is 0.853. The second-order valence-electron chi connectivity index (χ2n) is 4.79. The largest absolute Gasteiger partial charge is 0.481 e. The number of rotatable bonds is 2. The molecule has 2 rings (SSSR count). The van der Waals surface area contributed by atoms with Crippen LogP contribution in [0.4, 0.5) is 5.82 Å². The molecular weight excluding hydrogens is 228 g/mol. The molecule has 0 aliphatic carbocycles. The number of nitrogens with zero attached hydrogens (tertiary/aromatic N) is 2. The van der Waals surface area contributed by atoms with Gasteiger partial charge < -0.3 is 10.0 Å². The highest BCUT2D eigenvalue weighted by atomic mass is 16.4. The van der Waals surface area contributed by atoms with Crippen molar-refractivity contribution in [3.8, 4) is 0 Å². The van der Waals surface area contributed by atoms with Crippen molar-refractivity contribution in [2.75, 3.05) is 18.0 Å². The van der Waals surface area contributed by atoms with E-state index in [0.29, 0.717) is 5.92 Å². The van der Waals surface area contributed by atoms with Gasteiger partial charge >= 0.3 is 0 Å². The van der Waals surface area contributed by atoms with Crippen LogP contribution in [0.25, 0.3) is 0 Å². The van der Waals surface area contributed by atoms with Gasteiger partial charge in [0.15, 0.2) is 0 Å². The minimum Gasteiger partial charge on any atom is -0.481 e. The maximum Gasteiger partial charge on any atom is 0.300 e. The minimum atomic E-state index is -0.833. The lowest BCUT2D eigenvalue weighted by Crippen LogP contribution is -2.19. The van der Waals surface area contributed by atoms with Crippen LogP contribution in [0, 0.1) is 0 Å². The standard InChI is InChI=1S/C12H18N2.C2H4O2/c1-10(2)11-6-5-7-12(13-11)14-8-3-4-9-14;1-2(3)4/h5-7,10H,3-4,8-9H2,1-2H3;1H3,(H,3,4). The zero-order valence-corrected chi connectivity index (χ0v) is 11.4. The van der Waals surface area contributed by atoms with Crippen molar-refractivity contribution in [2.45, 2.75) is 39.5 Å². The second-order valence-corrected chi connectivity index (χ2v) is 4.79. The second kappa shape index (κ2) is 6.99. The van der Waals surface area contributed by atoms with E-state index in [1.54, 1.807) is 0 Å². The lowest BCUT2D eigenvalue weighted by Gasteiger charge is -2.17. The number of carbonyl (C=O) groups is 1. The van der Waals surface area contributed by atoms with Gasteiger partial charge in [-0.05, 0) is 30.9 Å². The number of aliphatic carboxylic acids is 1. The Morgan fingerprint density at radius 3 is 2.39 bits per heavy atom. The number of carboxylic acid groups (broad SMARTS) is 1. The summed E-state index contributed by atoms with van der Waals surface area (Å²) in [6, 6.07) is 6.36. The van der Waals surface area contributed by atoms with Crippen LogP contribution >= 0.6 is 0 Å². The van der Waals surface area contributed by atoms with E-state index in [-0.39, 0.29) is 0 Å². The van der Waals surface area contributed by atoms with Crippen LogP contribution in [-0.4, -0.2) is 29.1 Å². The van der Waals surface area contributed by atoms with Crippen LogP contribution < -0.4 is 4.90 Å². The molecule has 4 nitrogen and oxygen atoms in total. The third-order valence-corrected chi connectivity index (χ3v) is 2.78. The van der Waals surface area contributed by atoms with Gasteiger partial charge in [-0.1, -0.05) is 19.9 Å². The monoisotopic (exact) mass is 250 g/mol. The predicted octanol–water partition coefficient (Wildman–Crippen LogP) is 2.90. The van der Waals surface area contributed by atoms with Gasteiger partial charge in [0.05, 0.1) is 0 Å². The van der Waals surface area contributed by atoms with Crippen LogP contribution in [0.15, 0.2) is 18.2 Å². The molecule has 0 unspecified atom stereocenters. The summed E-state index contributed by atoms with van der Waals surface area (Å²) in [6.45, 7) is 7.81. The minimum absolute atomic E-state index is 0.526.